The second-order valence-electron chi connectivity index (χ2n) is 4.66. The molecule has 0 aliphatic rings. The number of aliphatic hydroxyl groups is 1. The molecular weight excluding hydrogens is 340 g/mol. The molecule has 2 aromatic rings. The van der Waals surface area contributed by atoms with E-state index in [9.17, 15) is 13.5 Å². The van der Waals surface area contributed by atoms with E-state index in [0.717, 1.165) is 4.31 Å². The quantitative estimate of drug-likeness (QED) is 0.773. The molecule has 0 radical (unpaired) electrons. The van der Waals surface area contributed by atoms with Crippen LogP contribution in [0.15, 0.2) is 47.4 Å². The minimum atomic E-state index is -3.93. The van der Waals surface area contributed by atoms with Crippen LogP contribution in [0.25, 0.3) is 0 Å². The van der Waals surface area contributed by atoms with Gasteiger partial charge in [0.2, 0.25) is 0 Å². The van der Waals surface area contributed by atoms with Crippen LogP contribution in [0, 0.1) is 0 Å². The zero-order valence-electron chi connectivity index (χ0n) is 12.4. The number of methoxy groups -OCH3 is 1. The number of hydrogen-bond donors (Lipinski definition) is 2. The van der Waals surface area contributed by atoms with E-state index < -0.39 is 10.0 Å². The summed E-state index contributed by atoms with van der Waals surface area (Å²) in [6.07, 6.45) is 0. The lowest BCUT2D eigenvalue weighted by molar-refractivity contribution is 0.306. The molecule has 124 valence electrons. The van der Waals surface area contributed by atoms with Gasteiger partial charge in [-0.2, -0.15) is 0 Å². The lowest BCUT2D eigenvalue weighted by Crippen LogP contribution is -2.34. The highest BCUT2D eigenvalue weighted by atomic mass is 35.5. The molecule has 0 fully saturated rings. The van der Waals surface area contributed by atoms with E-state index in [0.29, 0.717) is 11.4 Å². The first kappa shape index (κ1) is 17.4. The number of ether oxygens (including phenoxy) is 1. The van der Waals surface area contributed by atoms with Gasteiger partial charge in [-0.15, -0.1) is 0 Å². The number of anilines is 2. The van der Waals surface area contributed by atoms with E-state index in [1.165, 1.54) is 25.3 Å². The highest BCUT2D eigenvalue weighted by Gasteiger charge is 2.27. The van der Waals surface area contributed by atoms with Crippen molar-refractivity contribution in [2.75, 3.05) is 30.3 Å². The van der Waals surface area contributed by atoms with Gasteiger partial charge in [0.15, 0.2) is 0 Å². The van der Waals surface area contributed by atoms with Crippen molar-refractivity contribution in [1.82, 2.24) is 0 Å². The largest absolute Gasteiger partial charge is 0.495 e. The number of aliphatic hydroxyl groups excluding tert-OH is 1. The zero-order chi connectivity index (χ0) is 17.0. The molecule has 0 aliphatic carbocycles. The highest BCUT2D eigenvalue weighted by Crippen LogP contribution is 2.33. The second kappa shape index (κ2) is 7.08. The number of halogens is 1. The Morgan fingerprint density at radius 2 is 1.96 bits per heavy atom. The summed E-state index contributed by atoms with van der Waals surface area (Å²) in [6.45, 7) is -0.467. The van der Waals surface area contributed by atoms with Crippen molar-refractivity contribution in [1.29, 1.82) is 0 Å². The van der Waals surface area contributed by atoms with Crippen LogP contribution in [0.4, 0.5) is 11.4 Å². The third-order valence-corrected chi connectivity index (χ3v) is 5.37. The van der Waals surface area contributed by atoms with E-state index in [1.54, 1.807) is 24.3 Å². The fourth-order valence-corrected chi connectivity index (χ4v) is 3.73. The van der Waals surface area contributed by atoms with Crippen molar-refractivity contribution in [3.63, 3.8) is 0 Å². The number of rotatable bonds is 6. The van der Waals surface area contributed by atoms with E-state index in [1.807, 2.05) is 0 Å². The predicted molar refractivity (Wildman–Crippen MR) is 90.5 cm³/mol. The van der Waals surface area contributed by atoms with Gasteiger partial charge in [0, 0.05) is 0 Å². The molecule has 8 heteroatoms. The van der Waals surface area contributed by atoms with E-state index in [2.05, 4.69) is 0 Å². The van der Waals surface area contributed by atoms with Gasteiger partial charge < -0.3 is 15.6 Å². The van der Waals surface area contributed by atoms with Crippen LogP contribution in [0.5, 0.6) is 5.75 Å². The topological polar surface area (TPSA) is 92.9 Å². The van der Waals surface area contributed by atoms with Crippen molar-refractivity contribution in [2.45, 2.75) is 4.90 Å². The third-order valence-electron chi connectivity index (χ3n) is 3.21. The summed E-state index contributed by atoms with van der Waals surface area (Å²) in [5.74, 6) is 0.381. The van der Waals surface area contributed by atoms with Gasteiger partial charge in [0.1, 0.15) is 5.75 Å². The molecule has 2 aromatic carbocycles. The average molecular weight is 357 g/mol. The minimum absolute atomic E-state index is 0.0150. The SMILES string of the molecule is COc1ccccc1N(CCO)S(=O)(=O)c1ccc(Cl)c(N)c1. The van der Waals surface area contributed by atoms with Crippen LogP contribution < -0.4 is 14.8 Å². The van der Waals surface area contributed by atoms with Gasteiger partial charge in [-0.25, -0.2) is 8.42 Å². The van der Waals surface area contributed by atoms with Crippen LogP contribution in [0.1, 0.15) is 0 Å². The molecule has 0 saturated heterocycles. The molecule has 23 heavy (non-hydrogen) atoms. The Balaban J connectivity index is 2.57. The van der Waals surface area contributed by atoms with Gasteiger partial charge in [-0.1, -0.05) is 23.7 Å². The van der Waals surface area contributed by atoms with Crippen LogP contribution in [0.3, 0.4) is 0 Å². The molecule has 0 heterocycles. The Kier molecular flexibility index (Phi) is 5.35. The van der Waals surface area contributed by atoms with E-state index in [4.69, 9.17) is 22.1 Å². The Morgan fingerprint density at radius 1 is 1.26 bits per heavy atom. The Morgan fingerprint density at radius 3 is 2.57 bits per heavy atom. The maximum atomic E-state index is 12.9. The standard InChI is InChI=1S/C15H17ClN2O4S/c1-22-15-5-3-2-4-14(15)18(8-9-19)23(20,21)11-6-7-12(16)13(17)10-11/h2-7,10,19H,8-9,17H2,1H3. The van der Waals surface area contributed by atoms with Crippen molar-refractivity contribution >= 4 is 33.0 Å². The molecule has 0 aliphatic heterocycles. The summed E-state index contributed by atoms with van der Waals surface area (Å²) in [5, 5.41) is 9.55. The van der Waals surface area contributed by atoms with Crippen LogP contribution in [-0.2, 0) is 10.0 Å². The fourth-order valence-electron chi connectivity index (χ4n) is 2.11. The molecule has 6 nitrogen and oxygen atoms in total. The molecule has 0 saturated carbocycles. The van der Waals surface area contributed by atoms with Gasteiger partial charge in [0.25, 0.3) is 10.0 Å². The number of sulfonamides is 1. The first-order valence-corrected chi connectivity index (χ1v) is 8.55. The van der Waals surface area contributed by atoms with Gasteiger partial charge in [-0.3, -0.25) is 4.31 Å². The zero-order valence-corrected chi connectivity index (χ0v) is 14.0. The van der Waals surface area contributed by atoms with Gasteiger partial charge >= 0.3 is 0 Å². The average Bonchev–Trinajstić information content (AvgIpc) is 2.54. The molecule has 0 spiro atoms. The van der Waals surface area contributed by atoms with Crippen molar-refractivity contribution in [3.8, 4) is 5.75 Å². The Labute approximate surface area is 140 Å². The first-order valence-electron chi connectivity index (χ1n) is 6.73. The van der Waals surface area contributed by atoms with Crippen LogP contribution in [0.2, 0.25) is 5.02 Å². The van der Waals surface area contributed by atoms with Gasteiger partial charge in [-0.05, 0) is 30.3 Å². The number of nitrogen functional groups attached to an aromatic ring is 1. The predicted octanol–water partition coefficient (Wildman–Crippen LogP) is 2.12. The minimum Gasteiger partial charge on any atom is -0.495 e. The Bertz CT molecular complexity index is 796. The van der Waals surface area contributed by atoms with E-state index >= 15 is 0 Å². The lowest BCUT2D eigenvalue weighted by Gasteiger charge is -2.25. The Hall–Kier alpha value is -1.96. The summed E-state index contributed by atoms with van der Waals surface area (Å²) in [4.78, 5) is -0.0150. The number of para-hydroxylation sites is 2. The third kappa shape index (κ3) is 3.52. The summed E-state index contributed by atoms with van der Waals surface area (Å²) in [7, 11) is -2.49. The summed E-state index contributed by atoms with van der Waals surface area (Å²) in [5.41, 5.74) is 6.19. The highest BCUT2D eigenvalue weighted by molar-refractivity contribution is 7.92. The van der Waals surface area contributed by atoms with Crippen molar-refractivity contribution in [2.24, 2.45) is 0 Å². The normalized spacial score (nSPS) is 11.3. The molecule has 2 rings (SSSR count). The monoisotopic (exact) mass is 356 g/mol. The molecule has 0 amide bonds. The first-order chi connectivity index (χ1) is 10.9. The maximum absolute atomic E-state index is 12.9. The number of nitrogens with zero attached hydrogens (tertiary/aromatic N) is 1. The van der Waals surface area contributed by atoms with Crippen molar-refractivity contribution < 1.29 is 18.3 Å². The summed E-state index contributed by atoms with van der Waals surface area (Å²) < 4.78 is 32.1. The smallest absolute Gasteiger partial charge is 0.264 e. The number of nitrogens with two attached hydrogens (primary N) is 1. The molecule has 3 N–H and O–H groups in total. The molecule has 0 unspecified atom stereocenters. The number of hydrogen-bond acceptors (Lipinski definition) is 5. The lowest BCUT2D eigenvalue weighted by atomic mass is 10.3. The molecule has 0 aromatic heterocycles. The molecule has 0 bridgehead atoms. The summed E-state index contributed by atoms with van der Waals surface area (Å²) in [6, 6.07) is 10.7. The summed E-state index contributed by atoms with van der Waals surface area (Å²) >= 11 is 5.84. The second-order valence-corrected chi connectivity index (χ2v) is 6.93. The molecular formula is C15H17ClN2O4S. The van der Waals surface area contributed by atoms with E-state index in [-0.39, 0.29) is 28.8 Å². The fraction of sp³-hybridized carbons (Fsp3) is 0.200. The van der Waals surface area contributed by atoms with Crippen LogP contribution in [-0.4, -0.2) is 33.8 Å². The van der Waals surface area contributed by atoms with Crippen LogP contribution >= 0.6 is 11.6 Å². The number of benzene rings is 2. The van der Waals surface area contributed by atoms with Gasteiger partial charge in [0.05, 0.1) is 41.6 Å². The molecule has 0 atom stereocenters. The maximum Gasteiger partial charge on any atom is 0.264 e. The van der Waals surface area contributed by atoms with Crippen molar-refractivity contribution in [3.05, 3.63) is 47.5 Å².